The summed E-state index contributed by atoms with van der Waals surface area (Å²) in [6, 6.07) is 154. The lowest BCUT2D eigenvalue weighted by Gasteiger charge is -2.10. The third kappa shape index (κ3) is 11.2. The molecule has 120 heavy (non-hydrogen) atoms. The molecule has 0 aliphatic carbocycles. The van der Waals surface area contributed by atoms with Gasteiger partial charge in [0.05, 0.1) is 55.8 Å². The van der Waals surface area contributed by atoms with Crippen LogP contribution in [0.1, 0.15) is 5.56 Å². The quantitative estimate of drug-likeness (QED) is 0.137. The zero-order valence-electron chi connectivity index (χ0n) is 64.9. The minimum Gasteiger partial charge on any atom is -0.455 e. The molecule has 0 fully saturated rings. The normalized spacial score (nSPS) is 11.8. The van der Waals surface area contributed by atoms with E-state index in [1.54, 1.807) is 0 Å². The van der Waals surface area contributed by atoms with Crippen LogP contribution in [-0.4, -0.2) is 18.3 Å². The first-order chi connectivity index (χ1) is 59.4. The van der Waals surface area contributed by atoms with Gasteiger partial charge in [0.1, 0.15) is 11.2 Å². The summed E-state index contributed by atoms with van der Waals surface area (Å²) in [4.78, 5) is 0. The summed E-state index contributed by atoms with van der Waals surface area (Å²) in [5, 5.41) is 26.8. The Balaban J connectivity index is 0.000000136. The van der Waals surface area contributed by atoms with Crippen molar-refractivity contribution >= 4 is 151 Å². The van der Waals surface area contributed by atoms with Crippen LogP contribution in [0.4, 0.5) is 0 Å². The smallest absolute Gasteiger partial charge is 0.143 e. The fourth-order valence-corrected chi connectivity index (χ4v) is 20.2. The lowest BCUT2D eigenvalue weighted by atomic mass is 9.97. The van der Waals surface area contributed by atoms with Crippen molar-refractivity contribution in [3.63, 3.8) is 0 Å². The van der Waals surface area contributed by atoms with Gasteiger partial charge >= 0.3 is 0 Å². The largest absolute Gasteiger partial charge is 0.455 e. The zero-order chi connectivity index (χ0) is 79.0. The lowest BCUT2D eigenvalue weighted by Crippen LogP contribution is -1.94. The van der Waals surface area contributed by atoms with E-state index >= 15 is 0 Å². The molecule has 0 spiro atoms. The van der Waals surface area contributed by atoms with E-state index < -0.39 is 0 Å². The van der Waals surface area contributed by atoms with Gasteiger partial charge in [-0.15, -0.1) is 11.3 Å². The van der Waals surface area contributed by atoms with Gasteiger partial charge in [-0.05, 0) is 218 Å². The molecule has 19 aromatic carbocycles. The number of fused-ring (bicyclic) bond motifs is 19. The number of thiophene rings is 1. The minimum absolute atomic E-state index is 0.650. The topological polar surface area (TPSA) is 56.6 Å². The second kappa shape index (κ2) is 27.7. The van der Waals surface area contributed by atoms with Gasteiger partial charge in [0, 0.05) is 102 Å². The number of rotatable bonds is 10. The molecule has 0 atom stereocenters. The van der Waals surface area contributed by atoms with E-state index in [2.05, 4.69) is 419 Å². The fraction of sp³-hybridized carbons (Fsp3) is 0. The number of para-hydroxylation sites is 6. The van der Waals surface area contributed by atoms with E-state index in [9.17, 15) is 5.26 Å². The van der Waals surface area contributed by atoms with Crippen LogP contribution in [0.15, 0.2) is 423 Å². The van der Waals surface area contributed by atoms with Crippen LogP contribution in [0, 0.1) is 11.3 Å². The molecule has 0 saturated heterocycles. The van der Waals surface area contributed by atoms with Crippen LogP contribution in [0.2, 0.25) is 0 Å². The number of nitriles is 1. The lowest BCUT2D eigenvalue weighted by molar-refractivity contribution is 0.670. The van der Waals surface area contributed by atoms with Gasteiger partial charge in [-0.1, -0.05) is 273 Å². The van der Waals surface area contributed by atoms with Gasteiger partial charge in [-0.3, -0.25) is 0 Å². The molecule has 0 saturated carbocycles. The molecule has 0 N–H and O–H groups in total. The Morgan fingerprint density at radius 2 is 0.600 bits per heavy atom. The summed E-state index contributed by atoms with van der Waals surface area (Å²) < 4.78 is 18.6. The van der Waals surface area contributed by atoms with E-state index in [1.165, 1.54) is 168 Å². The second-order valence-corrected chi connectivity index (χ2v) is 32.4. The number of benzene rings is 19. The summed E-state index contributed by atoms with van der Waals surface area (Å²) in [6.07, 6.45) is 0. The average Bonchev–Trinajstić information content (AvgIpc) is 1.58. The van der Waals surface area contributed by atoms with E-state index in [0.717, 1.165) is 61.2 Å². The summed E-state index contributed by atoms with van der Waals surface area (Å²) in [5.74, 6) is 0. The molecule has 0 radical (unpaired) electrons. The molecular weight excluding hydrogens is 1480 g/mol. The van der Waals surface area contributed by atoms with Crippen LogP contribution >= 0.6 is 11.3 Å². The summed E-state index contributed by atoms with van der Waals surface area (Å²) in [6.45, 7) is 0. The molecule has 7 heteroatoms. The van der Waals surface area contributed by atoms with Crippen molar-refractivity contribution in [2.24, 2.45) is 0 Å². The molecule has 0 unspecified atom stereocenters. The Bertz CT molecular complexity index is 8540. The fourth-order valence-electron chi connectivity index (χ4n) is 19.0. The van der Waals surface area contributed by atoms with Gasteiger partial charge in [0.25, 0.3) is 0 Å². The first kappa shape index (κ1) is 68.5. The van der Waals surface area contributed by atoms with Crippen molar-refractivity contribution in [3.8, 4) is 95.6 Å². The van der Waals surface area contributed by atoms with Crippen LogP contribution in [0.25, 0.3) is 230 Å². The van der Waals surface area contributed by atoms with Crippen molar-refractivity contribution in [1.82, 2.24) is 18.3 Å². The number of nitrogens with zero attached hydrogens (tertiary/aromatic N) is 5. The highest BCUT2D eigenvalue weighted by atomic mass is 32.1. The van der Waals surface area contributed by atoms with Gasteiger partial charge < -0.3 is 22.7 Å². The van der Waals surface area contributed by atoms with E-state index in [4.69, 9.17) is 4.42 Å². The number of aromatic nitrogens is 4. The van der Waals surface area contributed by atoms with E-state index in [-0.39, 0.29) is 0 Å². The average molecular weight is 1540 g/mol. The first-order valence-corrected chi connectivity index (χ1v) is 41.6. The van der Waals surface area contributed by atoms with Crippen LogP contribution in [-0.2, 0) is 0 Å². The Labute approximate surface area is 694 Å². The van der Waals surface area contributed by atoms with Crippen molar-refractivity contribution in [1.29, 1.82) is 5.26 Å². The first-order valence-electron chi connectivity index (χ1n) is 40.8. The standard InChI is InChI=1S/C58H36N2O.C55H33N3S/c1-2-13-44(14-3-1)59-55-31-27-42(35-51(55)52-36-43(28-32-56(52)59)46-17-10-18-49-48-16-7-9-20-57(48)61-58(46)49)39-23-21-38(22-24-39)41-26-30-54-50(34-41)47-15-6-8-19-53(47)60(54)45-29-25-37-11-4-5-12-40(37)33-45;56-34-35-10-8-13-42(30-35)58-50-18-6-4-14-44(50)48-31-38(26-29-52(48)58)36-20-22-37(23-21-36)39-25-28-51-49(32-39)45-27-24-40(33-53(45)57(51)41-11-2-1-3-12-41)43-16-9-17-47-46-15-5-7-19-54(46)59-55(43)47/h1-36H;1-33H. The Kier molecular flexibility index (Phi) is 15.8. The molecular formula is C113H69N5OS. The molecule has 25 aromatic rings. The van der Waals surface area contributed by atoms with Gasteiger partial charge in [-0.25, -0.2) is 0 Å². The van der Waals surface area contributed by atoms with Gasteiger partial charge in [-0.2, -0.15) is 5.26 Å². The Morgan fingerprint density at radius 1 is 0.217 bits per heavy atom. The SMILES string of the molecule is N#Cc1cccc(-n2c3ccccc3c3cc(-c4ccc(-c5ccc6c(c5)c5ccc(-c7cccc8c7sc7ccccc78)cc5n6-c5ccccc5)cc4)ccc32)c1.c1ccc(-n2c3ccc(-c4ccc(-c5ccc6c(c5)c5ccccc5n6-c5ccc6ccccc6c5)cc4)cc3c3cc(-c4cccc5c4oc4ccccc45)ccc32)cc1. The highest BCUT2D eigenvalue weighted by Crippen LogP contribution is 2.47. The number of furan rings is 1. The molecule has 558 valence electrons. The maximum atomic E-state index is 9.60. The molecule has 0 amide bonds. The summed E-state index contributed by atoms with van der Waals surface area (Å²) >= 11 is 1.88. The molecule has 6 aromatic heterocycles. The monoisotopic (exact) mass is 1540 g/mol. The molecule has 0 bridgehead atoms. The van der Waals surface area contributed by atoms with Crippen LogP contribution < -0.4 is 0 Å². The highest BCUT2D eigenvalue weighted by Gasteiger charge is 2.23. The predicted octanol–water partition coefficient (Wildman–Crippen LogP) is 31.1. The molecule has 25 rings (SSSR count). The Morgan fingerprint density at radius 3 is 1.18 bits per heavy atom. The summed E-state index contributed by atoms with van der Waals surface area (Å²) in [7, 11) is 0. The Hall–Kier alpha value is -15.9. The molecule has 0 aliphatic heterocycles. The van der Waals surface area contributed by atoms with Crippen LogP contribution in [0.5, 0.6) is 0 Å². The van der Waals surface area contributed by atoms with Crippen molar-refractivity contribution < 1.29 is 4.42 Å². The third-order valence-electron chi connectivity index (χ3n) is 24.7. The molecule has 6 nitrogen and oxygen atoms in total. The zero-order valence-corrected chi connectivity index (χ0v) is 65.7. The molecule has 6 heterocycles. The maximum absolute atomic E-state index is 9.60. The van der Waals surface area contributed by atoms with Crippen LogP contribution in [0.3, 0.4) is 0 Å². The number of hydrogen-bond acceptors (Lipinski definition) is 3. The van der Waals surface area contributed by atoms with Gasteiger partial charge in [0.2, 0.25) is 0 Å². The second-order valence-electron chi connectivity index (χ2n) is 31.3. The van der Waals surface area contributed by atoms with Gasteiger partial charge in [0.15, 0.2) is 0 Å². The third-order valence-corrected chi connectivity index (χ3v) is 25.9. The van der Waals surface area contributed by atoms with E-state index in [1.807, 2.05) is 35.6 Å². The van der Waals surface area contributed by atoms with E-state index in [0.29, 0.717) is 5.56 Å². The minimum atomic E-state index is 0.650. The van der Waals surface area contributed by atoms with Crippen molar-refractivity contribution in [2.75, 3.05) is 0 Å². The number of hydrogen-bond donors (Lipinski definition) is 0. The molecule has 0 aliphatic rings. The van der Waals surface area contributed by atoms with Crippen molar-refractivity contribution in [3.05, 3.63) is 424 Å². The van der Waals surface area contributed by atoms with Crippen molar-refractivity contribution in [2.45, 2.75) is 0 Å². The maximum Gasteiger partial charge on any atom is 0.143 e. The summed E-state index contributed by atoms with van der Waals surface area (Å²) in [5.41, 5.74) is 30.5. The predicted molar refractivity (Wildman–Crippen MR) is 505 cm³/mol. The highest BCUT2D eigenvalue weighted by molar-refractivity contribution is 7.26.